The van der Waals surface area contributed by atoms with Gasteiger partial charge in [0.05, 0.1) is 29.4 Å². The summed E-state index contributed by atoms with van der Waals surface area (Å²) in [6, 6.07) is 12.5. The van der Waals surface area contributed by atoms with Gasteiger partial charge in [0, 0.05) is 34.6 Å². The van der Waals surface area contributed by atoms with Crippen LogP contribution in [-0.4, -0.2) is 45.5 Å². The van der Waals surface area contributed by atoms with E-state index in [-0.39, 0.29) is 46.8 Å². The smallest absolute Gasteiger partial charge is 0.378 e. The van der Waals surface area contributed by atoms with Crippen LogP contribution in [0, 0.1) is 0 Å². The van der Waals surface area contributed by atoms with E-state index >= 15 is 0 Å². The third-order valence-electron chi connectivity index (χ3n) is 5.93. The summed E-state index contributed by atoms with van der Waals surface area (Å²) in [6.07, 6.45) is -9.32. The summed E-state index contributed by atoms with van der Waals surface area (Å²) in [7, 11) is -4.18. The summed E-state index contributed by atoms with van der Waals surface area (Å²) in [5.74, 6) is -0.658. The van der Waals surface area contributed by atoms with Crippen molar-refractivity contribution in [2.24, 2.45) is 0 Å². The van der Waals surface area contributed by atoms with E-state index in [4.69, 9.17) is 16.3 Å². The highest BCUT2D eigenvalue weighted by molar-refractivity contribution is 7.99. The molecule has 0 bridgehead atoms. The average Bonchev–Trinajstić information content (AvgIpc) is 2.91. The minimum Gasteiger partial charge on any atom is -0.378 e. The molecule has 1 heterocycles. The van der Waals surface area contributed by atoms with Gasteiger partial charge in [0.2, 0.25) is 5.91 Å². The fraction of sp³-hybridized carbons (Fsp3) is 0.222. The number of carbonyl (C=O) groups excluding carboxylic acids is 1. The van der Waals surface area contributed by atoms with Crippen LogP contribution in [0.5, 0.6) is 0 Å². The first kappa shape index (κ1) is 31.7. The predicted octanol–water partition coefficient (Wildman–Crippen LogP) is 7.20. The monoisotopic (exact) mass is 650 g/mol. The van der Waals surface area contributed by atoms with Crippen LogP contribution in [0.4, 0.5) is 32.0 Å². The minimum atomic E-state index is -5.42. The van der Waals surface area contributed by atoms with Gasteiger partial charge in [-0.2, -0.15) is 26.3 Å². The van der Waals surface area contributed by atoms with Crippen molar-refractivity contribution in [2.45, 2.75) is 27.0 Å². The summed E-state index contributed by atoms with van der Waals surface area (Å²) in [4.78, 5) is 12.7. The molecular weight excluding hydrogens is 630 g/mol. The van der Waals surface area contributed by atoms with E-state index in [1.807, 2.05) is 0 Å². The number of rotatable bonds is 7. The summed E-state index contributed by atoms with van der Waals surface area (Å²) < 4.78 is 118. The van der Waals surface area contributed by atoms with Gasteiger partial charge in [0.25, 0.3) is 10.0 Å². The van der Waals surface area contributed by atoms with Crippen molar-refractivity contribution in [1.29, 1.82) is 0 Å². The molecule has 15 heteroatoms. The molecule has 42 heavy (non-hydrogen) atoms. The Kier molecular flexibility index (Phi) is 9.50. The number of halogens is 7. The second-order valence-electron chi connectivity index (χ2n) is 8.84. The van der Waals surface area contributed by atoms with Gasteiger partial charge in [-0.25, -0.2) is 8.42 Å². The maximum absolute atomic E-state index is 14.2. The topological polar surface area (TPSA) is 75.7 Å². The molecule has 0 saturated carbocycles. The number of ether oxygens (including phenoxy) is 1. The number of anilines is 1. The molecule has 1 N–H and O–H groups in total. The Balaban J connectivity index is 1.69. The van der Waals surface area contributed by atoms with E-state index in [0.717, 1.165) is 18.2 Å². The lowest BCUT2D eigenvalue weighted by Gasteiger charge is -2.25. The normalized spacial score (nSPS) is 14.8. The van der Waals surface area contributed by atoms with Crippen LogP contribution < -0.4 is 4.72 Å². The lowest BCUT2D eigenvalue weighted by atomic mass is 9.99. The van der Waals surface area contributed by atoms with Crippen LogP contribution in [0.25, 0.3) is 6.08 Å². The van der Waals surface area contributed by atoms with E-state index in [1.165, 1.54) is 53.4 Å². The first-order valence-corrected chi connectivity index (χ1v) is 14.8. The molecular formula is C27H21ClF6N2O4S2. The van der Waals surface area contributed by atoms with Crippen LogP contribution in [0.1, 0.15) is 16.7 Å². The molecule has 0 spiro atoms. The summed E-state index contributed by atoms with van der Waals surface area (Å²) in [5.41, 5.74) is -4.75. The number of sulfonamides is 1. The fourth-order valence-electron chi connectivity index (χ4n) is 4.08. The Bertz CT molecular complexity index is 1600. The number of nitrogens with one attached hydrogen (secondary N) is 1. The highest BCUT2D eigenvalue weighted by atomic mass is 35.5. The lowest BCUT2D eigenvalue weighted by molar-refractivity contribution is -0.163. The quantitative estimate of drug-likeness (QED) is 0.216. The van der Waals surface area contributed by atoms with Crippen molar-refractivity contribution in [1.82, 2.24) is 4.90 Å². The molecule has 0 atom stereocenters. The second-order valence-corrected chi connectivity index (χ2v) is 12.0. The molecule has 3 aromatic rings. The van der Waals surface area contributed by atoms with E-state index < -0.39 is 49.9 Å². The Morgan fingerprint density at radius 1 is 0.929 bits per heavy atom. The molecule has 1 fully saturated rings. The number of hydrogen-bond acceptors (Lipinski definition) is 5. The van der Waals surface area contributed by atoms with Gasteiger partial charge >= 0.3 is 12.4 Å². The van der Waals surface area contributed by atoms with Crippen molar-refractivity contribution < 1.29 is 44.3 Å². The minimum absolute atomic E-state index is 0.0266. The van der Waals surface area contributed by atoms with Gasteiger partial charge < -0.3 is 9.64 Å². The third kappa shape index (κ3) is 7.60. The zero-order valence-electron chi connectivity index (χ0n) is 21.3. The largest absolute Gasteiger partial charge is 0.418 e. The van der Waals surface area contributed by atoms with Crippen molar-refractivity contribution in [3.63, 3.8) is 0 Å². The number of hydrogen-bond donors (Lipinski definition) is 1. The van der Waals surface area contributed by atoms with Crippen molar-refractivity contribution >= 4 is 51.1 Å². The van der Waals surface area contributed by atoms with E-state index in [1.54, 1.807) is 0 Å². The summed E-state index contributed by atoms with van der Waals surface area (Å²) >= 11 is 6.34. The SMILES string of the molecule is O=C(C=Cc1ccc(Sc2cccc(NS(=O)(=O)c3ccccc3Cl)c2)c(C(F)(F)F)c1C(F)(F)F)N1CCOCC1. The molecule has 1 amide bonds. The predicted molar refractivity (Wildman–Crippen MR) is 146 cm³/mol. The van der Waals surface area contributed by atoms with Gasteiger partial charge in [-0.15, -0.1) is 0 Å². The van der Waals surface area contributed by atoms with Crippen molar-refractivity contribution in [3.05, 3.63) is 88.5 Å². The van der Waals surface area contributed by atoms with Crippen LogP contribution in [0.15, 0.2) is 81.4 Å². The number of morpholine rings is 1. The molecule has 4 rings (SSSR count). The molecule has 1 aliphatic rings. The number of benzene rings is 3. The number of amides is 1. The molecule has 1 saturated heterocycles. The first-order valence-electron chi connectivity index (χ1n) is 12.1. The molecule has 0 radical (unpaired) electrons. The van der Waals surface area contributed by atoms with Crippen LogP contribution in [-0.2, 0) is 31.9 Å². The van der Waals surface area contributed by atoms with E-state index in [2.05, 4.69) is 4.72 Å². The van der Waals surface area contributed by atoms with Crippen LogP contribution in [0.3, 0.4) is 0 Å². The lowest BCUT2D eigenvalue weighted by Crippen LogP contribution is -2.39. The molecule has 1 aliphatic heterocycles. The molecule has 0 aromatic heterocycles. The second kappa shape index (κ2) is 12.6. The summed E-state index contributed by atoms with van der Waals surface area (Å²) in [6.45, 7) is 0.874. The number of nitrogens with zero attached hydrogens (tertiary/aromatic N) is 1. The Morgan fingerprint density at radius 3 is 2.24 bits per heavy atom. The molecule has 3 aromatic carbocycles. The maximum atomic E-state index is 14.2. The highest BCUT2D eigenvalue weighted by Gasteiger charge is 2.46. The molecule has 0 unspecified atom stereocenters. The van der Waals surface area contributed by atoms with Gasteiger partial charge in [-0.05, 0) is 48.0 Å². The maximum Gasteiger partial charge on any atom is 0.418 e. The average molecular weight is 651 g/mol. The number of carbonyl (C=O) groups is 1. The van der Waals surface area contributed by atoms with Crippen molar-refractivity contribution in [3.8, 4) is 0 Å². The zero-order chi connectivity index (χ0) is 30.7. The molecule has 6 nitrogen and oxygen atoms in total. The highest BCUT2D eigenvalue weighted by Crippen LogP contribution is 2.48. The first-order chi connectivity index (χ1) is 19.7. The Hall–Kier alpha value is -3.20. The van der Waals surface area contributed by atoms with Crippen LogP contribution in [0.2, 0.25) is 5.02 Å². The van der Waals surface area contributed by atoms with Gasteiger partial charge in [-0.1, -0.05) is 47.6 Å². The van der Waals surface area contributed by atoms with Gasteiger partial charge in [0.15, 0.2) is 0 Å². The standard InChI is InChI=1S/C27H21ClF6N2O4S2/c28-20-6-1-2-7-22(20)42(38,39)35-18-4-3-5-19(16-18)41-21-10-8-17(9-11-23(37)36-12-14-40-15-13-36)24(26(29,30)31)25(21)27(32,33)34/h1-11,16,35H,12-15H2. The van der Waals surface area contributed by atoms with Gasteiger partial charge in [0.1, 0.15) is 4.90 Å². The van der Waals surface area contributed by atoms with Gasteiger partial charge in [-0.3, -0.25) is 9.52 Å². The van der Waals surface area contributed by atoms with Crippen LogP contribution >= 0.6 is 23.4 Å². The zero-order valence-corrected chi connectivity index (χ0v) is 23.7. The molecule has 0 aliphatic carbocycles. The Morgan fingerprint density at radius 2 is 1.60 bits per heavy atom. The van der Waals surface area contributed by atoms with E-state index in [9.17, 15) is 39.6 Å². The Labute approximate surface area is 246 Å². The molecule has 224 valence electrons. The van der Waals surface area contributed by atoms with E-state index in [0.29, 0.717) is 17.8 Å². The van der Waals surface area contributed by atoms with Crippen molar-refractivity contribution in [2.75, 3.05) is 31.0 Å². The summed E-state index contributed by atoms with van der Waals surface area (Å²) in [5, 5.41) is -0.0641. The fourth-order valence-corrected chi connectivity index (χ4v) is 6.70. The third-order valence-corrected chi connectivity index (χ3v) is 8.87. The number of alkyl halides is 6.